The van der Waals surface area contributed by atoms with Gasteiger partial charge in [-0.1, -0.05) is 0 Å². The molecule has 0 heterocycles. The maximum absolute atomic E-state index is 13.1. The zero-order valence-corrected chi connectivity index (χ0v) is 13.9. The van der Waals surface area contributed by atoms with Crippen molar-refractivity contribution in [2.45, 2.75) is 13.3 Å². The van der Waals surface area contributed by atoms with Crippen LogP contribution < -0.4 is 15.0 Å². The highest BCUT2D eigenvalue weighted by atomic mass is 19.2. The number of ether oxygens (including phenoxy) is 1. The van der Waals surface area contributed by atoms with Crippen molar-refractivity contribution in [1.29, 1.82) is 0 Å². The highest BCUT2D eigenvalue weighted by Gasteiger charge is 2.14. The van der Waals surface area contributed by atoms with Gasteiger partial charge in [-0.25, -0.2) is 8.78 Å². The average Bonchev–Trinajstić information content (AvgIpc) is 2.58. The second kappa shape index (κ2) is 8.23. The van der Waals surface area contributed by atoms with E-state index in [0.717, 1.165) is 12.1 Å². The van der Waals surface area contributed by atoms with E-state index in [1.54, 1.807) is 31.4 Å². The van der Waals surface area contributed by atoms with Gasteiger partial charge in [-0.3, -0.25) is 9.59 Å². The van der Waals surface area contributed by atoms with Crippen LogP contribution in [0.2, 0.25) is 0 Å². The summed E-state index contributed by atoms with van der Waals surface area (Å²) in [6.45, 7) is 1.55. The van der Waals surface area contributed by atoms with Gasteiger partial charge in [0, 0.05) is 37.3 Å². The molecule has 7 heteroatoms. The predicted molar refractivity (Wildman–Crippen MR) is 90.6 cm³/mol. The summed E-state index contributed by atoms with van der Waals surface area (Å²) in [5, 5.41) is 2.47. The van der Waals surface area contributed by atoms with Crippen molar-refractivity contribution in [3.05, 3.63) is 54.1 Å². The van der Waals surface area contributed by atoms with E-state index in [4.69, 9.17) is 4.74 Å². The van der Waals surface area contributed by atoms with Crippen LogP contribution in [-0.2, 0) is 9.59 Å². The number of rotatable bonds is 6. The van der Waals surface area contributed by atoms with E-state index >= 15 is 0 Å². The quantitative estimate of drug-likeness (QED) is 0.871. The molecule has 0 aromatic heterocycles. The van der Waals surface area contributed by atoms with Crippen LogP contribution in [0.15, 0.2) is 42.5 Å². The van der Waals surface area contributed by atoms with Gasteiger partial charge in [-0.15, -0.1) is 0 Å². The number of anilines is 2. The lowest BCUT2D eigenvalue weighted by atomic mass is 10.2. The van der Waals surface area contributed by atoms with Crippen LogP contribution in [0.25, 0.3) is 0 Å². The normalized spacial score (nSPS) is 10.2. The molecule has 5 nitrogen and oxygen atoms in total. The van der Waals surface area contributed by atoms with Crippen molar-refractivity contribution >= 4 is 23.2 Å². The van der Waals surface area contributed by atoms with Crippen LogP contribution in [0.4, 0.5) is 20.2 Å². The number of carbonyl (C=O) groups excluding carboxylic acids is 2. The Morgan fingerprint density at radius 2 is 1.76 bits per heavy atom. The van der Waals surface area contributed by atoms with Gasteiger partial charge in [0.25, 0.3) is 0 Å². The van der Waals surface area contributed by atoms with Crippen LogP contribution >= 0.6 is 0 Å². The van der Waals surface area contributed by atoms with Crippen molar-refractivity contribution in [3.8, 4) is 5.75 Å². The molecule has 0 bridgehead atoms. The van der Waals surface area contributed by atoms with E-state index in [1.165, 1.54) is 17.9 Å². The topological polar surface area (TPSA) is 58.6 Å². The van der Waals surface area contributed by atoms with Crippen LogP contribution in [0.3, 0.4) is 0 Å². The van der Waals surface area contributed by atoms with E-state index < -0.39 is 17.5 Å². The molecule has 2 amide bonds. The second-order valence-corrected chi connectivity index (χ2v) is 5.30. The van der Waals surface area contributed by atoms with E-state index in [0.29, 0.717) is 11.4 Å². The first-order valence-electron chi connectivity index (χ1n) is 7.57. The molecule has 0 spiro atoms. The molecule has 0 saturated carbocycles. The zero-order chi connectivity index (χ0) is 18.4. The molecule has 0 unspecified atom stereocenters. The number of nitrogens with zero attached hydrogens (tertiary/aromatic N) is 1. The molecule has 25 heavy (non-hydrogen) atoms. The smallest absolute Gasteiger partial charge is 0.226 e. The van der Waals surface area contributed by atoms with Gasteiger partial charge in [0.2, 0.25) is 11.8 Å². The first-order valence-corrected chi connectivity index (χ1v) is 7.57. The molecule has 2 aromatic rings. The van der Waals surface area contributed by atoms with Gasteiger partial charge in [0.15, 0.2) is 11.6 Å². The fraction of sp³-hybridized carbons (Fsp3) is 0.222. The monoisotopic (exact) mass is 348 g/mol. The molecule has 0 radical (unpaired) electrons. The maximum atomic E-state index is 13.1. The molecule has 0 atom stereocenters. The Hall–Kier alpha value is -2.96. The Kier molecular flexibility index (Phi) is 6.05. The first kappa shape index (κ1) is 18.4. The van der Waals surface area contributed by atoms with Gasteiger partial charge in [-0.05, 0) is 36.4 Å². The summed E-state index contributed by atoms with van der Waals surface area (Å²) in [7, 11) is 1.54. The third-order valence-corrected chi connectivity index (χ3v) is 3.53. The predicted octanol–water partition coefficient (Wildman–Crippen LogP) is 3.36. The lowest BCUT2D eigenvalue weighted by Gasteiger charge is -2.21. The maximum Gasteiger partial charge on any atom is 0.226 e. The van der Waals surface area contributed by atoms with Gasteiger partial charge >= 0.3 is 0 Å². The molecule has 1 N–H and O–H groups in total. The number of hydrogen-bond donors (Lipinski definition) is 1. The minimum Gasteiger partial charge on any atom is -0.497 e. The largest absolute Gasteiger partial charge is 0.497 e. The summed E-state index contributed by atoms with van der Waals surface area (Å²) in [4.78, 5) is 25.3. The van der Waals surface area contributed by atoms with Crippen molar-refractivity contribution in [2.75, 3.05) is 23.9 Å². The molecule has 2 aromatic carbocycles. The van der Waals surface area contributed by atoms with Gasteiger partial charge in [-0.2, -0.15) is 0 Å². The molecule has 0 fully saturated rings. The van der Waals surface area contributed by atoms with Gasteiger partial charge in [0.05, 0.1) is 7.11 Å². The summed E-state index contributed by atoms with van der Waals surface area (Å²) in [5.74, 6) is -2.00. The van der Waals surface area contributed by atoms with Crippen molar-refractivity contribution < 1.29 is 23.1 Å². The number of methoxy groups -OCH3 is 1. The third kappa shape index (κ3) is 5.00. The minimum atomic E-state index is -1.04. The highest BCUT2D eigenvalue weighted by molar-refractivity contribution is 5.94. The van der Waals surface area contributed by atoms with Gasteiger partial charge < -0.3 is 15.0 Å². The first-order chi connectivity index (χ1) is 11.9. The summed E-state index contributed by atoms with van der Waals surface area (Å²) >= 11 is 0. The fourth-order valence-corrected chi connectivity index (χ4v) is 2.24. The molecule has 132 valence electrons. The van der Waals surface area contributed by atoms with Crippen LogP contribution in [0, 0.1) is 11.6 Å². The van der Waals surface area contributed by atoms with E-state index in [-0.39, 0.29) is 24.6 Å². The molecular formula is C18H18F2N2O3. The Morgan fingerprint density at radius 1 is 1.08 bits per heavy atom. The van der Waals surface area contributed by atoms with E-state index in [9.17, 15) is 18.4 Å². The van der Waals surface area contributed by atoms with Crippen LogP contribution in [0.1, 0.15) is 13.3 Å². The Labute approximate surface area is 144 Å². The zero-order valence-electron chi connectivity index (χ0n) is 13.9. The highest BCUT2D eigenvalue weighted by Crippen LogP contribution is 2.20. The number of halogens is 2. The number of benzene rings is 2. The molecule has 0 saturated heterocycles. The molecular weight excluding hydrogens is 330 g/mol. The third-order valence-electron chi connectivity index (χ3n) is 3.53. The lowest BCUT2D eigenvalue weighted by molar-refractivity contribution is -0.117. The van der Waals surface area contributed by atoms with Crippen LogP contribution in [-0.4, -0.2) is 25.5 Å². The second-order valence-electron chi connectivity index (χ2n) is 5.30. The SMILES string of the molecule is COc1ccc(N(CCC(=O)Nc2ccc(F)c(F)c2)C(C)=O)cc1. The average molecular weight is 348 g/mol. The number of hydrogen-bond acceptors (Lipinski definition) is 3. The molecule has 2 rings (SSSR count). The molecule has 0 aliphatic carbocycles. The van der Waals surface area contributed by atoms with Crippen LogP contribution in [0.5, 0.6) is 5.75 Å². The van der Waals surface area contributed by atoms with Crippen molar-refractivity contribution in [1.82, 2.24) is 0 Å². The lowest BCUT2D eigenvalue weighted by Crippen LogP contribution is -2.31. The van der Waals surface area contributed by atoms with E-state index in [1.807, 2.05) is 0 Å². The number of carbonyl (C=O) groups is 2. The summed E-state index contributed by atoms with van der Waals surface area (Å²) in [6, 6.07) is 9.96. The van der Waals surface area contributed by atoms with Gasteiger partial charge in [0.1, 0.15) is 5.75 Å². The fourth-order valence-electron chi connectivity index (χ4n) is 2.24. The molecule has 0 aliphatic heterocycles. The summed E-state index contributed by atoms with van der Waals surface area (Å²) < 4.78 is 31.1. The minimum absolute atomic E-state index is 0.00457. The summed E-state index contributed by atoms with van der Waals surface area (Å²) in [6.07, 6.45) is 0.00457. The number of nitrogens with one attached hydrogen (secondary N) is 1. The van der Waals surface area contributed by atoms with Crippen molar-refractivity contribution in [3.63, 3.8) is 0 Å². The Balaban J connectivity index is 1.98. The molecule has 0 aliphatic rings. The summed E-state index contributed by atoms with van der Waals surface area (Å²) in [5.41, 5.74) is 0.789. The van der Waals surface area contributed by atoms with Crippen molar-refractivity contribution in [2.24, 2.45) is 0 Å². The van der Waals surface area contributed by atoms with E-state index in [2.05, 4.69) is 5.32 Å². The standard InChI is InChI=1S/C18H18F2N2O3/c1-12(23)22(14-4-6-15(25-2)7-5-14)10-9-18(24)21-13-3-8-16(19)17(20)11-13/h3-8,11H,9-10H2,1-2H3,(H,21,24). The Morgan fingerprint density at radius 3 is 2.32 bits per heavy atom. The number of amides is 2. The Bertz CT molecular complexity index is 763.